The fraction of sp³-hybridized carbons (Fsp3) is 0.691. The lowest BCUT2D eigenvalue weighted by Gasteiger charge is -2.72. The van der Waals surface area contributed by atoms with Gasteiger partial charge in [0.2, 0.25) is 0 Å². The molecule has 2 aromatic carbocycles. The third-order valence-electron chi connectivity index (χ3n) is 17.9. The van der Waals surface area contributed by atoms with E-state index in [2.05, 4.69) is 77.6 Å². The molecule has 7 rings (SSSR count). The molecular formula is C55H77Cl2NO6. The zero-order chi connectivity index (χ0) is 47.0. The average Bonchev–Trinajstić information content (AvgIpc) is 3.50. The van der Waals surface area contributed by atoms with Crippen molar-refractivity contribution in [2.75, 3.05) is 6.54 Å². The lowest BCUT2D eigenvalue weighted by Crippen LogP contribution is -2.66. The van der Waals surface area contributed by atoms with E-state index in [0.717, 1.165) is 68.1 Å². The van der Waals surface area contributed by atoms with Gasteiger partial charge in [0, 0.05) is 46.9 Å². The molecule has 1 N–H and O–H groups in total. The molecule has 0 aromatic heterocycles. The zero-order valence-corrected chi connectivity index (χ0v) is 42.5. The van der Waals surface area contributed by atoms with E-state index in [4.69, 9.17) is 32.7 Å². The van der Waals surface area contributed by atoms with Gasteiger partial charge >= 0.3 is 11.9 Å². The van der Waals surface area contributed by atoms with Gasteiger partial charge in [0.05, 0.1) is 17.9 Å². The molecule has 5 aliphatic rings. The van der Waals surface area contributed by atoms with Gasteiger partial charge in [-0.2, -0.15) is 0 Å². The van der Waals surface area contributed by atoms with Gasteiger partial charge in [0.15, 0.2) is 5.78 Å². The standard InChI is InChI=1S/C55H77Cl2NO6/c1-34(2)46-40(59)29-55(43(60)33-58(31-35-13-17-37(56)18-14-35)32-36-15-19-38(57)20-16-36)28-27-53(11)39(47(46)55)21-22-42-52(10)25-24-44(51(8,9)41(52)23-26-54(42,53)12)63-45(61)30-50(6,7)48(62)64-49(3,4)5/h13-20,34,39,41-44,60H,21-33H2,1-12H3/t39-,41+,42-,43+,44+,52+,53-,54-,55+/m1/s1. The second kappa shape index (κ2) is 17.4. The number of halogens is 2. The summed E-state index contributed by atoms with van der Waals surface area (Å²) in [5, 5.41) is 14.3. The molecule has 9 heteroatoms. The van der Waals surface area contributed by atoms with Crippen LogP contribution in [0.4, 0.5) is 0 Å². The smallest absolute Gasteiger partial charge is 0.312 e. The summed E-state index contributed by atoms with van der Waals surface area (Å²) in [4.78, 5) is 43.5. The number of nitrogens with zero attached hydrogens (tertiary/aromatic N) is 1. The Labute approximate surface area is 394 Å². The molecule has 0 aliphatic heterocycles. The third kappa shape index (κ3) is 8.80. The molecule has 5 aliphatic carbocycles. The van der Waals surface area contributed by atoms with Gasteiger partial charge in [-0.25, -0.2) is 0 Å². The van der Waals surface area contributed by atoms with Crippen molar-refractivity contribution in [3.63, 3.8) is 0 Å². The van der Waals surface area contributed by atoms with Gasteiger partial charge in [0.1, 0.15) is 11.7 Å². The summed E-state index contributed by atoms with van der Waals surface area (Å²) >= 11 is 12.6. The second-order valence-corrected chi connectivity index (χ2v) is 25.1. The van der Waals surface area contributed by atoms with Crippen LogP contribution in [0.1, 0.15) is 158 Å². The number of fused-ring (bicyclic) bond motifs is 7. The summed E-state index contributed by atoms with van der Waals surface area (Å²) in [7, 11) is 0. The molecule has 4 saturated carbocycles. The molecule has 0 saturated heterocycles. The highest BCUT2D eigenvalue weighted by Crippen LogP contribution is 2.77. The van der Waals surface area contributed by atoms with Crippen LogP contribution in [0.25, 0.3) is 0 Å². The predicted octanol–water partition coefficient (Wildman–Crippen LogP) is 13.0. The number of aliphatic hydroxyl groups is 1. The molecule has 0 amide bonds. The summed E-state index contributed by atoms with van der Waals surface area (Å²) in [6.07, 6.45) is 7.13. The van der Waals surface area contributed by atoms with Crippen LogP contribution >= 0.6 is 23.2 Å². The minimum atomic E-state index is -0.991. The van der Waals surface area contributed by atoms with Crippen LogP contribution in [0.2, 0.25) is 10.0 Å². The third-order valence-corrected chi connectivity index (χ3v) is 18.4. The van der Waals surface area contributed by atoms with Gasteiger partial charge in [-0.15, -0.1) is 0 Å². The van der Waals surface area contributed by atoms with E-state index in [-0.39, 0.29) is 63.7 Å². The first-order valence-electron chi connectivity index (χ1n) is 24.3. The molecule has 64 heavy (non-hydrogen) atoms. The Morgan fingerprint density at radius 1 is 0.781 bits per heavy atom. The van der Waals surface area contributed by atoms with Crippen molar-refractivity contribution in [1.82, 2.24) is 4.90 Å². The van der Waals surface area contributed by atoms with Gasteiger partial charge in [-0.05, 0) is 167 Å². The Balaban J connectivity index is 1.14. The van der Waals surface area contributed by atoms with E-state index < -0.39 is 22.5 Å². The molecule has 7 nitrogen and oxygen atoms in total. The highest BCUT2D eigenvalue weighted by Gasteiger charge is 2.71. The first-order valence-corrected chi connectivity index (χ1v) is 25.0. The summed E-state index contributed by atoms with van der Waals surface area (Å²) in [5.74, 6) is 0.611. The average molecular weight is 919 g/mol. The zero-order valence-electron chi connectivity index (χ0n) is 41.0. The van der Waals surface area contributed by atoms with Crippen molar-refractivity contribution in [1.29, 1.82) is 0 Å². The summed E-state index contributed by atoms with van der Waals surface area (Å²) in [6, 6.07) is 15.9. The number of hydrogen-bond acceptors (Lipinski definition) is 7. The number of hydrogen-bond donors (Lipinski definition) is 1. The number of esters is 2. The van der Waals surface area contributed by atoms with E-state index in [9.17, 15) is 19.5 Å². The van der Waals surface area contributed by atoms with Crippen LogP contribution in [0.5, 0.6) is 0 Å². The van der Waals surface area contributed by atoms with Gasteiger partial charge in [-0.1, -0.05) is 102 Å². The number of carbonyl (C=O) groups excluding carboxylic acids is 3. The van der Waals surface area contributed by atoms with Crippen LogP contribution in [0.15, 0.2) is 59.7 Å². The molecular weight excluding hydrogens is 842 g/mol. The first kappa shape index (κ1) is 49.2. The van der Waals surface area contributed by atoms with Crippen molar-refractivity contribution in [2.45, 2.75) is 178 Å². The maximum Gasteiger partial charge on any atom is 0.312 e. The first-order chi connectivity index (χ1) is 29.7. The number of allylic oxidation sites excluding steroid dienone is 1. The van der Waals surface area contributed by atoms with Crippen LogP contribution in [-0.4, -0.2) is 52.1 Å². The molecule has 0 heterocycles. The number of carbonyl (C=O) groups is 3. The lowest BCUT2D eigenvalue weighted by atomic mass is 9.33. The fourth-order valence-corrected chi connectivity index (χ4v) is 14.9. The topological polar surface area (TPSA) is 93.1 Å². The van der Waals surface area contributed by atoms with Gasteiger partial charge < -0.3 is 14.6 Å². The van der Waals surface area contributed by atoms with Crippen LogP contribution in [-0.2, 0) is 36.9 Å². The normalized spacial score (nSPS) is 33.0. The van der Waals surface area contributed by atoms with Crippen molar-refractivity contribution in [3.05, 3.63) is 80.8 Å². The lowest BCUT2D eigenvalue weighted by molar-refractivity contribution is -0.235. The van der Waals surface area contributed by atoms with Gasteiger partial charge in [-0.3, -0.25) is 19.3 Å². The largest absolute Gasteiger partial charge is 0.462 e. The number of ketones is 1. The maximum atomic E-state index is 14.5. The van der Waals surface area contributed by atoms with Crippen molar-refractivity contribution in [3.8, 4) is 0 Å². The Hall–Kier alpha value is -2.71. The molecule has 9 atom stereocenters. The van der Waals surface area contributed by atoms with Crippen LogP contribution in [0, 0.1) is 56.2 Å². The van der Waals surface area contributed by atoms with Crippen molar-refractivity contribution in [2.24, 2.45) is 56.2 Å². The van der Waals surface area contributed by atoms with Crippen molar-refractivity contribution >= 4 is 40.9 Å². The summed E-state index contributed by atoms with van der Waals surface area (Å²) in [6.45, 7) is 27.4. The Morgan fingerprint density at radius 3 is 1.91 bits per heavy atom. The Morgan fingerprint density at radius 2 is 1.36 bits per heavy atom. The SMILES string of the molecule is CC(C)C1=C2[C@H]3CC[C@@H]4[C@@]5(C)CC[C@H](OC(=O)CC(C)(C)C(=O)OC(C)(C)C)C(C)(C)[C@@H]5CC[C@@]4(C)[C@]3(C)CC[C@@]2([C@@H](O)CN(Cc2ccc(Cl)cc2)Cc2ccc(Cl)cc2)CC1=O. The number of ether oxygens (including phenoxy) is 2. The number of rotatable bonds is 12. The Kier molecular flexibility index (Phi) is 13.4. The quantitative estimate of drug-likeness (QED) is 0.212. The molecule has 0 radical (unpaired) electrons. The molecule has 352 valence electrons. The van der Waals surface area contributed by atoms with Crippen molar-refractivity contribution < 1.29 is 29.0 Å². The monoisotopic (exact) mass is 918 g/mol. The summed E-state index contributed by atoms with van der Waals surface area (Å²) in [5.41, 5.74) is 2.03. The highest BCUT2D eigenvalue weighted by atomic mass is 35.5. The molecule has 4 fully saturated rings. The van der Waals surface area contributed by atoms with E-state index in [1.54, 1.807) is 13.8 Å². The minimum Gasteiger partial charge on any atom is -0.462 e. The number of aliphatic hydroxyl groups excluding tert-OH is 1. The van der Waals surface area contributed by atoms with E-state index in [1.807, 2.05) is 45.0 Å². The van der Waals surface area contributed by atoms with E-state index in [0.29, 0.717) is 47.9 Å². The van der Waals surface area contributed by atoms with E-state index >= 15 is 0 Å². The van der Waals surface area contributed by atoms with Crippen LogP contribution in [0.3, 0.4) is 0 Å². The second-order valence-electron chi connectivity index (χ2n) is 24.2. The summed E-state index contributed by atoms with van der Waals surface area (Å²) < 4.78 is 12.0. The fourth-order valence-electron chi connectivity index (χ4n) is 14.6. The maximum absolute atomic E-state index is 14.5. The predicted molar refractivity (Wildman–Crippen MR) is 257 cm³/mol. The van der Waals surface area contributed by atoms with Crippen LogP contribution < -0.4 is 0 Å². The highest BCUT2D eigenvalue weighted by molar-refractivity contribution is 6.30. The van der Waals surface area contributed by atoms with Gasteiger partial charge in [0.25, 0.3) is 0 Å². The Bertz CT molecular complexity index is 2070. The molecule has 0 unspecified atom stereocenters. The number of Topliss-reactive ketones (excluding diaryl/α,β-unsaturated/α-hetero) is 1. The minimum absolute atomic E-state index is 0.0191. The molecule has 0 bridgehead atoms. The van der Waals surface area contributed by atoms with E-state index in [1.165, 1.54) is 5.57 Å². The molecule has 0 spiro atoms. The molecule has 2 aromatic rings. The number of benzene rings is 2.